The van der Waals surface area contributed by atoms with Crippen molar-refractivity contribution in [2.75, 3.05) is 32.1 Å². The highest BCUT2D eigenvalue weighted by Crippen LogP contribution is 2.24. The minimum Gasteiger partial charge on any atom is -0.362 e. The number of rotatable bonds is 6. The first-order valence-corrected chi connectivity index (χ1v) is 10.4. The van der Waals surface area contributed by atoms with Gasteiger partial charge in [0.05, 0.1) is 0 Å². The third kappa shape index (κ3) is 4.15. The summed E-state index contributed by atoms with van der Waals surface area (Å²) in [6, 6.07) is 7.02. The first-order chi connectivity index (χ1) is 13.3. The average Bonchev–Trinajstić information content (AvgIpc) is 3.22. The Hall–Kier alpha value is -2.52. The summed E-state index contributed by atoms with van der Waals surface area (Å²) in [5.41, 5.74) is 0.905. The molecule has 0 aliphatic carbocycles. The van der Waals surface area contributed by atoms with E-state index in [4.69, 9.17) is 0 Å². The number of pyridine rings is 1. The zero-order valence-electron chi connectivity index (χ0n) is 15.9. The Bertz CT molecular complexity index is 973. The quantitative estimate of drug-likeness (QED) is 0.794. The summed E-state index contributed by atoms with van der Waals surface area (Å²) >= 11 is 0. The minimum atomic E-state index is -3.95. The number of aromatic nitrogens is 1. The number of amides is 1. The number of anilines is 1. The lowest BCUT2D eigenvalue weighted by Crippen LogP contribution is -2.29. The second-order valence-electron chi connectivity index (χ2n) is 6.82. The van der Waals surface area contributed by atoms with Gasteiger partial charge in [0.25, 0.3) is 5.91 Å². The van der Waals surface area contributed by atoms with Gasteiger partial charge in [0.2, 0.25) is 10.0 Å². The Labute approximate surface area is 164 Å². The van der Waals surface area contributed by atoms with Crippen LogP contribution in [0, 0.1) is 5.82 Å². The van der Waals surface area contributed by atoms with Crippen molar-refractivity contribution < 1.29 is 17.6 Å². The second kappa shape index (κ2) is 8.24. The van der Waals surface area contributed by atoms with Gasteiger partial charge in [-0.3, -0.25) is 4.79 Å². The van der Waals surface area contributed by atoms with E-state index in [0.717, 1.165) is 36.4 Å². The lowest BCUT2D eigenvalue weighted by molar-refractivity contribution is 0.0950. The third-order valence-corrected chi connectivity index (χ3v) is 6.52. The summed E-state index contributed by atoms with van der Waals surface area (Å²) < 4.78 is 40.8. The normalized spacial score (nSPS) is 14.8. The average molecular weight is 406 g/mol. The van der Waals surface area contributed by atoms with E-state index in [2.05, 4.69) is 10.3 Å². The molecule has 1 saturated heterocycles. The van der Waals surface area contributed by atoms with E-state index in [-0.39, 0.29) is 12.1 Å². The van der Waals surface area contributed by atoms with E-state index in [9.17, 15) is 17.6 Å². The summed E-state index contributed by atoms with van der Waals surface area (Å²) in [7, 11) is -0.248. The summed E-state index contributed by atoms with van der Waals surface area (Å²) in [5, 5.41) is 2.74. The summed E-state index contributed by atoms with van der Waals surface area (Å²) in [6.07, 6.45) is 3.16. The molecular formula is C19H23FN4O3S. The molecule has 1 aromatic heterocycles. The van der Waals surface area contributed by atoms with Gasteiger partial charge in [-0.2, -0.15) is 4.31 Å². The topological polar surface area (TPSA) is 82.6 Å². The van der Waals surface area contributed by atoms with Gasteiger partial charge >= 0.3 is 0 Å². The highest BCUT2D eigenvalue weighted by atomic mass is 32.2. The second-order valence-corrected chi connectivity index (χ2v) is 8.73. The number of carbonyl (C=O) groups is 1. The van der Waals surface area contributed by atoms with Gasteiger partial charge in [0.1, 0.15) is 16.5 Å². The SMILES string of the molecule is CN(C)c1ncccc1CNC(=O)c1ccc(F)c(S(=O)(=O)N2CCCC2)c1. The smallest absolute Gasteiger partial charge is 0.251 e. The first-order valence-electron chi connectivity index (χ1n) is 9.00. The summed E-state index contributed by atoms with van der Waals surface area (Å²) in [4.78, 5) is 18.2. The van der Waals surface area contributed by atoms with Gasteiger partial charge in [-0.1, -0.05) is 6.07 Å². The molecule has 0 radical (unpaired) electrons. The van der Waals surface area contributed by atoms with Crippen molar-refractivity contribution in [2.24, 2.45) is 0 Å². The summed E-state index contributed by atoms with van der Waals surface area (Å²) in [6.45, 7) is 0.949. The van der Waals surface area contributed by atoms with Crippen molar-refractivity contribution in [3.05, 3.63) is 53.5 Å². The van der Waals surface area contributed by atoms with Crippen LogP contribution in [0.4, 0.5) is 10.2 Å². The zero-order chi connectivity index (χ0) is 20.3. The van der Waals surface area contributed by atoms with E-state index < -0.39 is 26.6 Å². The molecule has 0 unspecified atom stereocenters. The molecule has 1 amide bonds. The Morgan fingerprint density at radius 1 is 1.25 bits per heavy atom. The largest absolute Gasteiger partial charge is 0.362 e. The fraction of sp³-hybridized carbons (Fsp3) is 0.368. The Kier molecular flexibility index (Phi) is 5.95. The van der Waals surface area contributed by atoms with Gasteiger partial charge in [-0.25, -0.2) is 17.8 Å². The fourth-order valence-corrected chi connectivity index (χ4v) is 4.77. The van der Waals surface area contributed by atoms with Gasteiger partial charge in [0.15, 0.2) is 0 Å². The molecule has 1 aliphatic rings. The van der Waals surface area contributed by atoms with Crippen LogP contribution in [0.15, 0.2) is 41.4 Å². The molecule has 1 aromatic carbocycles. The van der Waals surface area contributed by atoms with Crippen LogP contribution in [-0.2, 0) is 16.6 Å². The number of halogens is 1. The van der Waals surface area contributed by atoms with Crippen molar-refractivity contribution in [1.82, 2.24) is 14.6 Å². The molecule has 9 heteroatoms. The lowest BCUT2D eigenvalue weighted by Gasteiger charge is -2.17. The van der Waals surface area contributed by atoms with Gasteiger partial charge in [-0.15, -0.1) is 0 Å². The van der Waals surface area contributed by atoms with Crippen LogP contribution in [0.2, 0.25) is 0 Å². The maximum Gasteiger partial charge on any atom is 0.251 e. The number of carbonyl (C=O) groups excluding carboxylic acids is 1. The van der Waals surface area contributed by atoms with E-state index in [1.807, 2.05) is 25.1 Å². The van der Waals surface area contributed by atoms with Crippen LogP contribution in [0.5, 0.6) is 0 Å². The molecule has 1 fully saturated rings. The van der Waals surface area contributed by atoms with Gasteiger partial charge in [-0.05, 0) is 37.1 Å². The molecule has 7 nitrogen and oxygen atoms in total. The number of nitrogens with zero attached hydrogens (tertiary/aromatic N) is 3. The molecule has 0 bridgehead atoms. The number of sulfonamides is 1. The van der Waals surface area contributed by atoms with Crippen LogP contribution < -0.4 is 10.2 Å². The van der Waals surface area contributed by atoms with Gasteiger partial charge < -0.3 is 10.2 Å². The van der Waals surface area contributed by atoms with Crippen molar-refractivity contribution in [3.8, 4) is 0 Å². The monoisotopic (exact) mass is 406 g/mol. The minimum absolute atomic E-state index is 0.0921. The molecule has 1 aliphatic heterocycles. The van der Waals surface area contributed by atoms with Crippen molar-refractivity contribution in [2.45, 2.75) is 24.3 Å². The van der Waals surface area contributed by atoms with Crippen LogP contribution in [-0.4, -0.2) is 50.8 Å². The Balaban J connectivity index is 1.80. The van der Waals surface area contributed by atoms with Crippen molar-refractivity contribution in [1.29, 1.82) is 0 Å². The fourth-order valence-electron chi connectivity index (χ4n) is 3.16. The lowest BCUT2D eigenvalue weighted by atomic mass is 10.2. The van der Waals surface area contributed by atoms with E-state index in [0.29, 0.717) is 13.1 Å². The molecular weight excluding hydrogens is 383 g/mol. The Morgan fingerprint density at radius 3 is 2.64 bits per heavy atom. The molecule has 150 valence electrons. The number of hydrogen-bond acceptors (Lipinski definition) is 5. The predicted octanol–water partition coefficient (Wildman–Crippen LogP) is 2.00. The Morgan fingerprint density at radius 2 is 1.96 bits per heavy atom. The maximum atomic E-state index is 14.2. The molecule has 2 aromatic rings. The molecule has 2 heterocycles. The molecule has 0 saturated carbocycles. The van der Waals surface area contributed by atoms with Crippen LogP contribution >= 0.6 is 0 Å². The molecule has 28 heavy (non-hydrogen) atoms. The standard InChI is InChI=1S/C19H23FN4O3S/c1-23(2)18-15(6-5-9-21-18)13-22-19(25)14-7-8-16(20)17(12-14)28(26,27)24-10-3-4-11-24/h5-9,12H,3-4,10-11,13H2,1-2H3,(H,22,25). The van der Waals surface area contributed by atoms with Crippen LogP contribution in [0.1, 0.15) is 28.8 Å². The van der Waals surface area contributed by atoms with Crippen molar-refractivity contribution in [3.63, 3.8) is 0 Å². The molecule has 0 spiro atoms. The van der Waals surface area contributed by atoms with Gasteiger partial charge in [0, 0.05) is 51.1 Å². The highest BCUT2D eigenvalue weighted by molar-refractivity contribution is 7.89. The highest BCUT2D eigenvalue weighted by Gasteiger charge is 2.30. The molecule has 1 N–H and O–H groups in total. The predicted molar refractivity (Wildman–Crippen MR) is 104 cm³/mol. The van der Waals surface area contributed by atoms with Crippen LogP contribution in [0.25, 0.3) is 0 Å². The number of nitrogens with one attached hydrogen (secondary N) is 1. The first kappa shape index (κ1) is 20.2. The molecule has 3 rings (SSSR count). The number of benzene rings is 1. The zero-order valence-corrected chi connectivity index (χ0v) is 16.7. The van der Waals surface area contributed by atoms with Crippen molar-refractivity contribution >= 4 is 21.7 Å². The van der Waals surface area contributed by atoms with Crippen LogP contribution in [0.3, 0.4) is 0 Å². The maximum absolute atomic E-state index is 14.2. The molecule has 0 atom stereocenters. The number of hydrogen-bond donors (Lipinski definition) is 1. The van der Waals surface area contributed by atoms with E-state index >= 15 is 0 Å². The van der Waals surface area contributed by atoms with E-state index in [1.165, 1.54) is 10.4 Å². The van der Waals surface area contributed by atoms with E-state index in [1.54, 1.807) is 12.3 Å². The third-order valence-electron chi connectivity index (χ3n) is 4.61. The summed E-state index contributed by atoms with van der Waals surface area (Å²) in [5.74, 6) is -0.615.